The molecule has 0 radical (unpaired) electrons. The van der Waals surface area contributed by atoms with Crippen molar-refractivity contribution in [3.05, 3.63) is 41.1 Å². The molecule has 1 aromatic heterocycles. The Morgan fingerprint density at radius 1 is 1.22 bits per heavy atom. The highest BCUT2D eigenvalue weighted by Crippen LogP contribution is 2.33. The lowest BCUT2D eigenvalue weighted by Crippen LogP contribution is -2.14. The molecule has 2 rings (SSSR count). The summed E-state index contributed by atoms with van der Waals surface area (Å²) in [6, 6.07) is 5.94. The van der Waals surface area contributed by atoms with Crippen LogP contribution in [0.2, 0.25) is 0 Å². The quantitative estimate of drug-likeness (QED) is 0.851. The lowest BCUT2D eigenvalue weighted by molar-refractivity contribution is -0.142. The summed E-state index contributed by atoms with van der Waals surface area (Å²) in [5.41, 5.74) is 6.53. The fourth-order valence-electron chi connectivity index (χ4n) is 1.75. The number of rotatable bonds is 1. The molecule has 1 heterocycles. The van der Waals surface area contributed by atoms with E-state index in [9.17, 15) is 13.2 Å². The predicted octanol–water partition coefficient (Wildman–Crippen LogP) is 3.09. The van der Waals surface area contributed by atoms with Gasteiger partial charge in [-0.3, -0.25) is 0 Å². The number of aromatic nitrogens is 2. The third-order valence-corrected chi connectivity index (χ3v) is 2.82. The van der Waals surface area contributed by atoms with Crippen molar-refractivity contribution >= 4 is 5.82 Å². The fraction of sp³-hybridized carbons (Fsp3) is 0.250. The highest BCUT2D eigenvalue weighted by Gasteiger charge is 2.36. The molecule has 0 fully saturated rings. The second-order valence-electron chi connectivity index (χ2n) is 4.08. The molecule has 0 bridgehead atoms. The van der Waals surface area contributed by atoms with E-state index in [1.165, 1.54) is 0 Å². The predicted molar refractivity (Wildman–Crippen MR) is 62.5 cm³/mol. The molecule has 2 N–H and O–H groups in total. The molecule has 18 heavy (non-hydrogen) atoms. The molecule has 1 aromatic carbocycles. The molecule has 3 nitrogen and oxygen atoms in total. The number of hydrogen-bond donors (Lipinski definition) is 1. The normalized spacial score (nSPS) is 11.8. The maximum atomic E-state index is 12.9. The minimum Gasteiger partial charge on any atom is -0.382 e. The Bertz CT molecular complexity index is 585. The topological polar surface area (TPSA) is 43.8 Å². The molecule has 0 atom stereocenters. The van der Waals surface area contributed by atoms with Crippen molar-refractivity contribution in [3.63, 3.8) is 0 Å². The Balaban J connectivity index is 2.68. The average Bonchev–Trinajstić information content (AvgIpc) is 2.64. The van der Waals surface area contributed by atoms with Gasteiger partial charge in [0.25, 0.3) is 0 Å². The summed E-state index contributed by atoms with van der Waals surface area (Å²) in [5, 5.41) is 3.72. The minimum absolute atomic E-state index is 0.150. The van der Waals surface area contributed by atoms with E-state index in [1.807, 2.05) is 13.0 Å². The smallest absolute Gasteiger partial charge is 0.382 e. The number of nitrogens with zero attached hydrogens (tertiary/aromatic N) is 2. The summed E-state index contributed by atoms with van der Waals surface area (Å²) in [5.74, 6) is -0.150. The molecule has 0 aliphatic heterocycles. The van der Waals surface area contributed by atoms with Crippen LogP contribution in [0.25, 0.3) is 5.69 Å². The van der Waals surface area contributed by atoms with E-state index < -0.39 is 11.9 Å². The Hall–Kier alpha value is -1.98. The lowest BCUT2D eigenvalue weighted by Gasteiger charge is -2.13. The van der Waals surface area contributed by atoms with Gasteiger partial charge in [0.2, 0.25) is 0 Å². The van der Waals surface area contributed by atoms with Gasteiger partial charge in [-0.25, -0.2) is 4.68 Å². The molecule has 2 aromatic rings. The second-order valence-corrected chi connectivity index (χ2v) is 4.08. The number of halogens is 3. The van der Waals surface area contributed by atoms with Crippen LogP contribution in [0.3, 0.4) is 0 Å². The van der Waals surface area contributed by atoms with Crippen molar-refractivity contribution in [1.29, 1.82) is 0 Å². The second kappa shape index (κ2) is 4.04. The van der Waals surface area contributed by atoms with Gasteiger partial charge in [-0.15, -0.1) is 0 Å². The van der Waals surface area contributed by atoms with Gasteiger partial charge in [-0.1, -0.05) is 12.1 Å². The molecule has 96 valence electrons. The van der Waals surface area contributed by atoms with E-state index in [1.54, 1.807) is 19.1 Å². The van der Waals surface area contributed by atoms with Gasteiger partial charge in [0.05, 0.1) is 5.69 Å². The third-order valence-electron chi connectivity index (χ3n) is 2.82. The first-order valence-electron chi connectivity index (χ1n) is 5.30. The van der Waals surface area contributed by atoms with Gasteiger partial charge >= 0.3 is 6.18 Å². The summed E-state index contributed by atoms with van der Waals surface area (Å²) in [7, 11) is 0. The number of nitrogens with two attached hydrogens (primary N) is 1. The number of benzene rings is 1. The van der Waals surface area contributed by atoms with Crippen LogP contribution < -0.4 is 5.73 Å². The van der Waals surface area contributed by atoms with Crippen LogP contribution in [0.15, 0.2) is 24.3 Å². The summed E-state index contributed by atoms with van der Waals surface area (Å²) >= 11 is 0. The van der Waals surface area contributed by atoms with Gasteiger partial charge in [0.1, 0.15) is 11.5 Å². The third kappa shape index (κ3) is 2.05. The molecule has 0 aliphatic rings. The lowest BCUT2D eigenvalue weighted by atomic mass is 10.1. The molecular formula is C12H12F3N3. The largest absolute Gasteiger partial charge is 0.433 e. The molecule has 0 unspecified atom stereocenters. The van der Waals surface area contributed by atoms with Crippen molar-refractivity contribution in [3.8, 4) is 5.69 Å². The van der Waals surface area contributed by atoms with E-state index in [0.717, 1.165) is 21.9 Å². The van der Waals surface area contributed by atoms with Gasteiger partial charge in [-0.05, 0) is 31.0 Å². The highest BCUT2D eigenvalue weighted by atomic mass is 19.4. The van der Waals surface area contributed by atoms with Crippen molar-refractivity contribution in [2.75, 3.05) is 5.73 Å². The van der Waals surface area contributed by atoms with Crippen LogP contribution >= 0.6 is 0 Å². The zero-order chi connectivity index (χ0) is 13.5. The number of alkyl halides is 3. The van der Waals surface area contributed by atoms with Crippen LogP contribution in [0, 0.1) is 13.8 Å². The highest BCUT2D eigenvalue weighted by molar-refractivity contribution is 5.47. The zero-order valence-corrected chi connectivity index (χ0v) is 9.92. The average molecular weight is 255 g/mol. The Morgan fingerprint density at radius 3 is 2.50 bits per heavy atom. The maximum absolute atomic E-state index is 12.9. The van der Waals surface area contributed by atoms with E-state index >= 15 is 0 Å². The van der Waals surface area contributed by atoms with E-state index in [-0.39, 0.29) is 5.82 Å². The van der Waals surface area contributed by atoms with Gasteiger partial charge in [0, 0.05) is 6.07 Å². The molecule has 0 spiro atoms. The van der Waals surface area contributed by atoms with Crippen LogP contribution in [-0.4, -0.2) is 9.78 Å². The van der Waals surface area contributed by atoms with Crippen molar-refractivity contribution < 1.29 is 13.2 Å². The molecule has 0 saturated carbocycles. The Kier molecular flexibility index (Phi) is 2.80. The zero-order valence-electron chi connectivity index (χ0n) is 9.92. The first kappa shape index (κ1) is 12.5. The van der Waals surface area contributed by atoms with Gasteiger partial charge in [0.15, 0.2) is 0 Å². The van der Waals surface area contributed by atoms with E-state index in [4.69, 9.17) is 5.73 Å². The minimum atomic E-state index is -4.49. The number of aryl methyl sites for hydroxylation is 1. The monoisotopic (exact) mass is 255 g/mol. The van der Waals surface area contributed by atoms with Crippen LogP contribution in [-0.2, 0) is 6.18 Å². The summed E-state index contributed by atoms with van der Waals surface area (Å²) in [4.78, 5) is 0. The number of nitrogen functional groups attached to an aromatic ring is 1. The van der Waals surface area contributed by atoms with Crippen molar-refractivity contribution in [2.45, 2.75) is 20.0 Å². The standard InChI is InChI=1S/C12H12F3N3/c1-7-4-3-5-9(8(7)2)18-10(12(13,14)15)6-11(16)17-18/h3-6H,1-2H3,(H2,16,17). The fourth-order valence-corrected chi connectivity index (χ4v) is 1.75. The molecule has 0 amide bonds. The number of anilines is 1. The number of hydrogen-bond acceptors (Lipinski definition) is 2. The van der Waals surface area contributed by atoms with E-state index in [0.29, 0.717) is 5.69 Å². The van der Waals surface area contributed by atoms with Crippen LogP contribution in [0.4, 0.5) is 19.0 Å². The van der Waals surface area contributed by atoms with Crippen LogP contribution in [0.1, 0.15) is 16.8 Å². The molecular weight excluding hydrogens is 243 g/mol. The summed E-state index contributed by atoms with van der Waals surface area (Å²) in [6.45, 7) is 3.58. The maximum Gasteiger partial charge on any atom is 0.433 e. The van der Waals surface area contributed by atoms with Gasteiger partial charge in [-0.2, -0.15) is 18.3 Å². The van der Waals surface area contributed by atoms with Crippen molar-refractivity contribution in [2.24, 2.45) is 0 Å². The first-order chi connectivity index (χ1) is 8.30. The summed E-state index contributed by atoms with van der Waals surface area (Å²) < 4.78 is 39.4. The van der Waals surface area contributed by atoms with E-state index in [2.05, 4.69) is 5.10 Å². The van der Waals surface area contributed by atoms with Crippen LogP contribution in [0.5, 0.6) is 0 Å². The SMILES string of the molecule is Cc1cccc(-n2nc(N)cc2C(F)(F)F)c1C. The molecule has 0 saturated heterocycles. The van der Waals surface area contributed by atoms with Crippen molar-refractivity contribution in [1.82, 2.24) is 9.78 Å². The summed E-state index contributed by atoms with van der Waals surface area (Å²) in [6.07, 6.45) is -4.49. The molecule has 6 heteroatoms. The van der Waals surface area contributed by atoms with Gasteiger partial charge < -0.3 is 5.73 Å². The Morgan fingerprint density at radius 2 is 1.89 bits per heavy atom. The Labute approximate surface area is 102 Å². The first-order valence-corrected chi connectivity index (χ1v) is 5.30. The molecule has 0 aliphatic carbocycles.